The summed E-state index contributed by atoms with van der Waals surface area (Å²) >= 11 is 0. The normalized spacial score (nSPS) is 12.3. The van der Waals surface area contributed by atoms with Crippen molar-refractivity contribution in [3.05, 3.63) is 0 Å². The lowest BCUT2D eigenvalue weighted by Crippen LogP contribution is -2.54. The van der Waals surface area contributed by atoms with Crippen LogP contribution in [0.1, 0.15) is 26.7 Å². The van der Waals surface area contributed by atoms with E-state index in [4.69, 9.17) is 15.9 Å². The molecule has 3 amide bonds. The van der Waals surface area contributed by atoms with Gasteiger partial charge in [0.2, 0.25) is 5.91 Å². The number of hydrogen-bond donors (Lipinski definition) is 5. The molecule has 0 aromatic carbocycles. The minimum absolute atomic E-state index is 0.142. The average Bonchev–Trinajstić information content (AvgIpc) is 2.11. The van der Waals surface area contributed by atoms with Gasteiger partial charge < -0.3 is 26.6 Å². The second-order valence-corrected chi connectivity index (χ2v) is 4.61. The third-order valence-corrected chi connectivity index (χ3v) is 2.05. The molecule has 9 nitrogen and oxygen atoms in total. The summed E-state index contributed by atoms with van der Waals surface area (Å²) in [6, 6.07) is -2.44. The van der Waals surface area contributed by atoms with Crippen LogP contribution in [0, 0.1) is 0 Å². The molecule has 0 radical (unpaired) electrons. The number of nitrogens with two attached hydrogens (primary N) is 1. The summed E-state index contributed by atoms with van der Waals surface area (Å²) < 4.78 is 0. The van der Waals surface area contributed by atoms with E-state index in [0.717, 1.165) is 0 Å². The molecule has 1 atom stereocenters. The molecule has 0 aromatic rings. The molecule has 0 aromatic heterocycles. The van der Waals surface area contributed by atoms with Crippen molar-refractivity contribution in [1.82, 2.24) is 10.6 Å². The maximum Gasteiger partial charge on any atom is 0.326 e. The number of carboxylic acids is 2. The van der Waals surface area contributed by atoms with E-state index in [1.54, 1.807) is 0 Å². The van der Waals surface area contributed by atoms with Crippen molar-refractivity contribution in [1.29, 1.82) is 0 Å². The fourth-order valence-corrected chi connectivity index (χ4v) is 1.36. The van der Waals surface area contributed by atoms with Crippen LogP contribution in [0.4, 0.5) is 4.79 Å². The Morgan fingerprint density at radius 2 is 1.74 bits per heavy atom. The number of carbonyl (C=O) groups is 4. The van der Waals surface area contributed by atoms with E-state index in [0.29, 0.717) is 0 Å². The summed E-state index contributed by atoms with van der Waals surface area (Å²) in [6.45, 7) is 3.04. The number of nitrogens with one attached hydrogen (secondary N) is 2. The minimum Gasteiger partial charge on any atom is -0.481 e. The third-order valence-electron chi connectivity index (χ3n) is 2.05. The van der Waals surface area contributed by atoms with Crippen LogP contribution in [0.5, 0.6) is 0 Å². The van der Waals surface area contributed by atoms with Gasteiger partial charge in [-0.1, -0.05) is 0 Å². The summed E-state index contributed by atoms with van der Waals surface area (Å²) in [5.74, 6) is -3.46. The molecule has 9 heteroatoms. The van der Waals surface area contributed by atoms with Gasteiger partial charge in [0.15, 0.2) is 0 Å². The molecule has 0 bridgehead atoms. The van der Waals surface area contributed by atoms with Crippen molar-refractivity contribution in [2.24, 2.45) is 5.73 Å². The first kappa shape index (κ1) is 16.7. The molecule has 0 fully saturated rings. The zero-order valence-corrected chi connectivity index (χ0v) is 10.6. The Bertz CT molecular complexity index is 393. The van der Waals surface area contributed by atoms with Crippen LogP contribution in [0.3, 0.4) is 0 Å². The number of hydrogen-bond acceptors (Lipinski definition) is 4. The first-order valence-corrected chi connectivity index (χ1v) is 5.35. The molecule has 0 aliphatic carbocycles. The summed E-state index contributed by atoms with van der Waals surface area (Å²) in [5, 5.41) is 21.6. The lowest BCUT2D eigenvalue weighted by Gasteiger charge is -2.25. The van der Waals surface area contributed by atoms with E-state index in [-0.39, 0.29) is 6.42 Å². The Labute approximate surface area is 109 Å². The van der Waals surface area contributed by atoms with Crippen LogP contribution < -0.4 is 16.4 Å². The molecule has 0 aliphatic rings. The molecule has 0 aliphatic heterocycles. The molecular formula is C10H17N3O6. The highest BCUT2D eigenvalue weighted by atomic mass is 16.4. The summed E-state index contributed by atoms with van der Waals surface area (Å²) in [5.41, 5.74) is 4.02. The van der Waals surface area contributed by atoms with Crippen molar-refractivity contribution >= 4 is 23.9 Å². The maximum atomic E-state index is 11.5. The molecule has 0 spiro atoms. The van der Waals surface area contributed by atoms with Gasteiger partial charge in [0.25, 0.3) is 0 Å². The van der Waals surface area contributed by atoms with Gasteiger partial charge in [-0.2, -0.15) is 0 Å². The quantitative estimate of drug-likeness (QED) is 0.395. The fourth-order valence-electron chi connectivity index (χ4n) is 1.36. The summed E-state index contributed by atoms with van der Waals surface area (Å²) in [7, 11) is 0. The van der Waals surface area contributed by atoms with E-state index in [2.05, 4.69) is 5.32 Å². The SMILES string of the molecule is CC(C)(CC(N)=O)NC(=O)N[C@@H](CC(=O)O)C(=O)O. The highest BCUT2D eigenvalue weighted by Crippen LogP contribution is 2.07. The number of aliphatic carboxylic acids is 2. The molecule has 6 N–H and O–H groups in total. The summed E-state index contributed by atoms with van der Waals surface area (Å²) in [6.07, 6.45) is -0.893. The van der Waals surface area contributed by atoms with Gasteiger partial charge in [-0.05, 0) is 13.8 Å². The number of rotatable bonds is 7. The second kappa shape index (κ2) is 6.57. The van der Waals surface area contributed by atoms with E-state index < -0.39 is 41.9 Å². The Morgan fingerprint density at radius 1 is 1.21 bits per heavy atom. The van der Waals surface area contributed by atoms with Crippen molar-refractivity contribution < 1.29 is 29.4 Å². The standard InChI is InChI=1S/C10H17N3O6/c1-10(2,4-6(11)14)13-9(19)12-5(8(17)18)3-7(15)16/h5H,3-4H2,1-2H3,(H2,11,14)(H,15,16)(H,17,18)(H2,12,13,19)/t5-/m0/s1. The highest BCUT2D eigenvalue weighted by Gasteiger charge is 2.27. The van der Waals surface area contributed by atoms with Crippen LogP contribution in [-0.2, 0) is 14.4 Å². The fraction of sp³-hybridized carbons (Fsp3) is 0.600. The summed E-state index contributed by atoms with van der Waals surface area (Å²) in [4.78, 5) is 43.4. The maximum absolute atomic E-state index is 11.5. The highest BCUT2D eigenvalue weighted by molar-refractivity contribution is 5.86. The van der Waals surface area contributed by atoms with E-state index in [9.17, 15) is 19.2 Å². The van der Waals surface area contributed by atoms with Crippen LogP contribution >= 0.6 is 0 Å². The zero-order valence-electron chi connectivity index (χ0n) is 10.6. The zero-order chi connectivity index (χ0) is 15.2. The predicted molar refractivity (Wildman–Crippen MR) is 63.2 cm³/mol. The van der Waals surface area contributed by atoms with Crippen LogP contribution in [-0.4, -0.2) is 45.7 Å². The first-order chi connectivity index (χ1) is 8.53. The van der Waals surface area contributed by atoms with Gasteiger partial charge in [-0.3, -0.25) is 9.59 Å². The Hall–Kier alpha value is -2.32. The van der Waals surface area contributed by atoms with Gasteiger partial charge in [-0.25, -0.2) is 9.59 Å². The largest absolute Gasteiger partial charge is 0.481 e. The Balaban J connectivity index is 4.53. The minimum atomic E-state index is -1.55. The van der Waals surface area contributed by atoms with Gasteiger partial charge in [-0.15, -0.1) is 0 Å². The molecule has 0 saturated heterocycles. The number of amides is 3. The van der Waals surface area contributed by atoms with Gasteiger partial charge in [0.05, 0.1) is 6.42 Å². The molecular weight excluding hydrogens is 258 g/mol. The van der Waals surface area contributed by atoms with Crippen molar-refractivity contribution in [2.75, 3.05) is 0 Å². The third kappa shape index (κ3) is 7.58. The average molecular weight is 275 g/mol. The molecule has 0 heterocycles. The number of primary amides is 1. The second-order valence-electron chi connectivity index (χ2n) is 4.61. The van der Waals surface area contributed by atoms with E-state index in [1.807, 2.05) is 5.32 Å². The molecule has 0 saturated carbocycles. The van der Waals surface area contributed by atoms with Crippen molar-refractivity contribution in [2.45, 2.75) is 38.3 Å². The van der Waals surface area contributed by atoms with Gasteiger partial charge in [0, 0.05) is 12.0 Å². The molecule has 108 valence electrons. The number of urea groups is 1. The van der Waals surface area contributed by atoms with Crippen LogP contribution in [0.15, 0.2) is 0 Å². The smallest absolute Gasteiger partial charge is 0.326 e. The lowest BCUT2D eigenvalue weighted by molar-refractivity contribution is -0.145. The predicted octanol–water partition coefficient (Wildman–Crippen LogP) is -1.13. The first-order valence-electron chi connectivity index (χ1n) is 5.35. The lowest BCUT2D eigenvalue weighted by atomic mass is 10.0. The van der Waals surface area contributed by atoms with E-state index in [1.165, 1.54) is 13.8 Å². The van der Waals surface area contributed by atoms with Crippen molar-refractivity contribution in [3.63, 3.8) is 0 Å². The topological polar surface area (TPSA) is 159 Å². The Kier molecular flexibility index (Phi) is 5.77. The van der Waals surface area contributed by atoms with Gasteiger partial charge in [0.1, 0.15) is 6.04 Å². The van der Waals surface area contributed by atoms with Crippen molar-refractivity contribution in [3.8, 4) is 0 Å². The number of carbonyl (C=O) groups excluding carboxylic acids is 2. The monoisotopic (exact) mass is 275 g/mol. The van der Waals surface area contributed by atoms with Crippen LogP contribution in [0.25, 0.3) is 0 Å². The molecule has 19 heavy (non-hydrogen) atoms. The van der Waals surface area contributed by atoms with Gasteiger partial charge >= 0.3 is 18.0 Å². The molecule has 0 unspecified atom stereocenters. The Morgan fingerprint density at radius 3 is 2.11 bits per heavy atom. The molecule has 0 rings (SSSR count). The van der Waals surface area contributed by atoms with E-state index >= 15 is 0 Å². The van der Waals surface area contributed by atoms with Crippen LogP contribution in [0.2, 0.25) is 0 Å². The number of carboxylic acid groups (broad SMARTS) is 2.